The van der Waals surface area contributed by atoms with Gasteiger partial charge in [-0.3, -0.25) is 14.9 Å². The van der Waals surface area contributed by atoms with Gasteiger partial charge in [-0.1, -0.05) is 23.4 Å². The molecule has 0 spiro atoms. The average molecular weight is 345 g/mol. The highest BCUT2D eigenvalue weighted by molar-refractivity contribution is 7.19. The lowest BCUT2D eigenvalue weighted by Crippen LogP contribution is -2.43. The standard InChI is InChI=1S/C16H15N3O4S/c1-16(22,12-8-10-4-2-3-5-11(10)24-12)9-17-14(20)15(21)18-13-6-7-23-19-13/h2-8,22H,9H2,1H3,(H,17,20)(H,18,19,21). The summed E-state index contributed by atoms with van der Waals surface area (Å²) in [4.78, 5) is 24.3. The number of carbonyl (C=O) groups excluding carboxylic acids is 2. The molecule has 3 aromatic rings. The number of amides is 2. The Morgan fingerprint density at radius 1 is 1.29 bits per heavy atom. The van der Waals surface area contributed by atoms with Crippen molar-refractivity contribution in [3.8, 4) is 0 Å². The van der Waals surface area contributed by atoms with E-state index in [0.717, 1.165) is 10.1 Å². The zero-order valence-corrected chi connectivity index (χ0v) is 13.6. The lowest BCUT2D eigenvalue weighted by atomic mass is 10.0. The van der Waals surface area contributed by atoms with E-state index in [1.165, 1.54) is 23.7 Å². The van der Waals surface area contributed by atoms with E-state index < -0.39 is 17.4 Å². The number of aliphatic hydroxyl groups is 1. The van der Waals surface area contributed by atoms with Gasteiger partial charge in [-0.25, -0.2) is 0 Å². The molecule has 124 valence electrons. The van der Waals surface area contributed by atoms with E-state index in [2.05, 4.69) is 20.3 Å². The first kappa shape index (κ1) is 16.2. The second kappa shape index (κ2) is 6.42. The largest absolute Gasteiger partial charge is 0.383 e. The molecule has 8 heteroatoms. The maximum Gasteiger partial charge on any atom is 0.314 e. The highest BCUT2D eigenvalue weighted by Crippen LogP contribution is 2.32. The average Bonchev–Trinajstić information content (AvgIpc) is 3.21. The number of rotatable bonds is 4. The van der Waals surface area contributed by atoms with E-state index in [1.807, 2.05) is 30.3 Å². The van der Waals surface area contributed by atoms with Crippen molar-refractivity contribution in [2.75, 3.05) is 11.9 Å². The van der Waals surface area contributed by atoms with Crippen molar-refractivity contribution in [2.45, 2.75) is 12.5 Å². The Hall–Kier alpha value is -2.71. The molecular weight excluding hydrogens is 330 g/mol. The minimum absolute atomic E-state index is 0.0924. The fourth-order valence-corrected chi connectivity index (χ4v) is 3.22. The van der Waals surface area contributed by atoms with E-state index in [9.17, 15) is 14.7 Å². The van der Waals surface area contributed by atoms with Crippen molar-refractivity contribution >= 4 is 39.1 Å². The lowest BCUT2D eigenvalue weighted by Gasteiger charge is -2.22. The molecule has 0 saturated carbocycles. The number of anilines is 1. The van der Waals surface area contributed by atoms with Crippen molar-refractivity contribution in [3.63, 3.8) is 0 Å². The van der Waals surface area contributed by atoms with E-state index in [4.69, 9.17) is 0 Å². The Balaban J connectivity index is 1.63. The number of aromatic nitrogens is 1. The van der Waals surface area contributed by atoms with E-state index in [-0.39, 0.29) is 12.4 Å². The van der Waals surface area contributed by atoms with Gasteiger partial charge in [0.2, 0.25) is 0 Å². The molecule has 0 bridgehead atoms. The molecule has 2 amide bonds. The van der Waals surface area contributed by atoms with Gasteiger partial charge in [-0.2, -0.15) is 0 Å². The number of hydrogen-bond acceptors (Lipinski definition) is 6. The Morgan fingerprint density at radius 3 is 2.79 bits per heavy atom. The van der Waals surface area contributed by atoms with Crippen molar-refractivity contribution < 1.29 is 19.2 Å². The molecule has 0 saturated heterocycles. The Labute approximate surface area is 141 Å². The molecular formula is C16H15N3O4S. The zero-order chi connectivity index (χ0) is 17.2. The highest BCUT2D eigenvalue weighted by atomic mass is 32.1. The van der Waals surface area contributed by atoms with Crippen molar-refractivity contribution in [1.29, 1.82) is 0 Å². The molecule has 0 fully saturated rings. The molecule has 1 aromatic carbocycles. The summed E-state index contributed by atoms with van der Waals surface area (Å²) < 4.78 is 5.61. The van der Waals surface area contributed by atoms with Gasteiger partial charge in [0, 0.05) is 15.6 Å². The van der Waals surface area contributed by atoms with Crippen LogP contribution in [0.1, 0.15) is 11.8 Å². The second-order valence-electron chi connectivity index (χ2n) is 5.44. The summed E-state index contributed by atoms with van der Waals surface area (Å²) in [6.07, 6.45) is 1.28. The minimum atomic E-state index is -1.28. The summed E-state index contributed by atoms with van der Waals surface area (Å²) in [6.45, 7) is 1.50. The summed E-state index contributed by atoms with van der Waals surface area (Å²) in [5.74, 6) is -1.60. The molecule has 0 aliphatic heterocycles. The molecule has 1 atom stereocenters. The van der Waals surface area contributed by atoms with Gasteiger partial charge in [0.25, 0.3) is 0 Å². The zero-order valence-electron chi connectivity index (χ0n) is 12.8. The third-order valence-corrected chi connectivity index (χ3v) is 4.80. The number of nitrogens with one attached hydrogen (secondary N) is 2. The van der Waals surface area contributed by atoms with Crippen LogP contribution in [-0.2, 0) is 15.2 Å². The number of thiophene rings is 1. The predicted octanol–water partition coefficient (Wildman–Crippen LogP) is 1.85. The van der Waals surface area contributed by atoms with E-state index >= 15 is 0 Å². The summed E-state index contributed by atoms with van der Waals surface area (Å²) in [5, 5.41) is 19.8. The van der Waals surface area contributed by atoms with Crippen molar-refractivity contribution in [3.05, 3.63) is 47.5 Å². The fourth-order valence-electron chi connectivity index (χ4n) is 2.12. The number of benzene rings is 1. The monoisotopic (exact) mass is 345 g/mol. The van der Waals surface area contributed by atoms with Crippen molar-refractivity contribution in [2.24, 2.45) is 0 Å². The van der Waals surface area contributed by atoms with Gasteiger partial charge in [0.1, 0.15) is 11.9 Å². The first-order chi connectivity index (χ1) is 11.5. The first-order valence-electron chi connectivity index (χ1n) is 7.17. The molecule has 0 radical (unpaired) electrons. The van der Waals surface area contributed by atoms with Gasteiger partial charge in [-0.15, -0.1) is 11.3 Å². The predicted molar refractivity (Wildman–Crippen MR) is 89.5 cm³/mol. The number of carbonyl (C=O) groups is 2. The maximum atomic E-state index is 11.8. The Bertz CT molecular complexity index is 837. The quantitative estimate of drug-likeness (QED) is 0.626. The van der Waals surface area contributed by atoms with Crippen LogP contribution in [0.5, 0.6) is 0 Å². The fraction of sp³-hybridized carbons (Fsp3) is 0.188. The minimum Gasteiger partial charge on any atom is -0.383 e. The van der Waals surface area contributed by atoms with Gasteiger partial charge in [-0.05, 0) is 24.4 Å². The SMILES string of the molecule is CC(O)(CNC(=O)C(=O)Nc1ccon1)c1cc2ccccc2s1. The normalized spacial score (nSPS) is 13.4. The Kier molecular flexibility index (Phi) is 4.32. The van der Waals surface area contributed by atoms with Crippen LogP contribution in [0.25, 0.3) is 10.1 Å². The van der Waals surface area contributed by atoms with Crippen molar-refractivity contribution in [1.82, 2.24) is 10.5 Å². The van der Waals surface area contributed by atoms with Crippen LogP contribution in [0.2, 0.25) is 0 Å². The van der Waals surface area contributed by atoms with E-state index in [0.29, 0.717) is 4.88 Å². The van der Waals surface area contributed by atoms with Crippen LogP contribution in [0.3, 0.4) is 0 Å². The second-order valence-corrected chi connectivity index (χ2v) is 6.53. The molecule has 7 nitrogen and oxygen atoms in total. The lowest BCUT2D eigenvalue weighted by molar-refractivity contribution is -0.136. The molecule has 2 aromatic heterocycles. The molecule has 2 heterocycles. The smallest absolute Gasteiger partial charge is 0.314 e. The molecule has 0 aliphatic rings. The summed E-state index contributed by atoms with van der Waals surface area (Å²) in [5.41, 5.74) is -1.28. The Morgan fingerprint density at radius 2 is 2.08 bits per heavy atom. The third kappa shape index (κ3) is 3.44. The van der Waals surface area contributed by atoms with Gasteiger partial charge < -0.3 is 14.9 Å². The number of hydrogen-bond donors (Lipinski definition) is 3. The van der Waals surface area contributed by atoms with E-state index in [1.54, 1.807) is 6.92 Å². The molecule has 3 rings (SSSR count). The summed E-state index contributed by atoms with van der Waals surface area (Å²) >= 11 is 1.44. The molecule has 24 heavy (non-hydrogen) atoms. The van der Waals surface area contributed by atoms with Crippen LogP contribution in [-0.4, -0.2) is 28.6 Å². The summed E-state index contributed by atoms with van der Waals surface area (Å²) in [6, 6.07) is 11.1. The van der Waals surface area contributed by atoms with Gasteiger partial charge in [0.15, 0.2) is 5.82 Å². The highest BCUT2D eigenvalue weighted by Gasteiger charge is 2.27. The summed E-state index contributed by atoms with van der Waals surface area (Å²) in [7, 11) is 0. The van der Waals surface area contributed by atoms with Crippen LogP contribution in [0.15, 0.2) is 47.2 Å². The van der Waals surface area contributed by atoms with Crippen LogP contribution >= 0.6 is 11.3 Å². The number of nitrogens with zero attached hydrogens (tertiary/aromatic N) is 1. The van der Waals surface area contributed by atoms with Crippen LogP contribution in [0.4, 0.5) is 5.82 Å². The van der Waals surface area contributed by atoms with Crippen LogP contribution < -0.4 is 10.6 Å². The maximum absolute atomic E-state index is 11.8. The van der Waals surface area contributed by atoms with Gasteiger partial charge in [0.05, 0.1) is 6.54 Å². The third-order valence-electron chi connectivity index (χ3n) is 3.44. The molecule has 1 unspecified atom stereocenters. The van der Waals surface area contributed by atoms with Crippen LogP contribution in [0, 0.1) is 0 Å². The van der Waals surface area contributed by atoms with Gasteiger partial charge >= 0.3 is 11.8 Å². The number of fused-ring (bicyclic) bond motifs is 1. The first-order valence-corrected chi connectivity index (χ1v) is 7.98. The molecule has 0 aliphatic carbocycles. The molecule has 3 N–H and O–H groups in total. The topological polar surface area (TPSA) is 104 Å².